The molecule has 6 heteroatoms. The van der Waals surface area contributed by atoms with Gasteiger partial charge in [-0.15, -0.1) is 0 Å². The predicted octanol–water partition coefficient (Wildman–Crippen LogP) is 3.16. The number of aromatic nitrogens is 4. The van der Waals surface area contributed by atoms with E-state index >= 15 is 0 Å². The Kier molecular flexibility index (Phi) is 5.31. The second-order valence-electron chi connectivity index (χ2n) is 5.01. The zero-order chi connectivity index (χ0) is 14.5. The number of fused-ring (bicyclic) bond motifs is 1. The summed E-state index contributed by atoms with van der Waals surface area (Å²) in [4.78, 5) is 15.0. The van der Waals surface area contributed by atoms with Gasteiger partial charge < -0.3 is 9.47 Å². The van der Waals surface area contributed by atoms with Crippen molar-refractivity contribution >= 4 is 22.8 Å². The van der Waals surface area contributed by atoms with Gasteiger partial charge in [0.25, 0.3) is 0 Å². The zero-order valence-electron chi connectivity index (χ0n) is 12.4. The molecule has 1 atom stereocenters. The molecule has 20 heavy (non-hydrogen) atoms. The molecule has 0 aliphatic carbocycles. The molecule has 0 fully saturated rings. The topological polar surface area (TPSA) is 46.8 Å². The van der Waals surface area contributed by atoms with E-state index in [1.165, 1.54) is 12.7 Å². The van der Waals surface area contributed by atoms with Gasteiger partial charge in [0.1, 0.15) is 11.8 Å². The van der Waals surface area contributed by atoms with Gasteiger partial charge in [-0.05, 0) is 39.4 Å². The smallest absolute Gasteiger partial charge is 0.165 e. The summed E-state index contributed by atoms with van der Waals surface area (Å²) in [7, 11) is 0. The van der Waals surface area contributed by atoms with E-state index in [-0.39, 0.29) is 0 Å². The average Bonchev–Trinajstić information content (AvgIpc) is 2.89. The molecule has 0 saturated heterocycles. The Bertz CT molecular complexity index is 549. The normalized spacial score (nSPS) is 13.2. The molecule has 0 N–H and O–H groups in total. The molecule has 0 aromatic carbocycles. The van der Waals surface area contributed by atoms with Crippen molar-refractivity contribution in [2.24, 2.45) is 0 Å². The Morgan fingerprint density at radius 3 is 2.70 bits per heavy atom. The third-order valence-corrected chi connectivity index (χ3v) is 4.06. The first-order valence-corrected chi connectivity index (χ1v) is 7.60. The Hall–Kier alpha value is -1.20. The van der Waals surface area contributed by atoms with E-state index in [0.717, 1.165) is 31.7 Å². The van der Waals surface area contributed by atoms with Gasteiger partial charge in [0, 0.05) is 6.04 Å². The van der Waals surface area contributed by atoms with Crippen LogP contribution in [0, 0.1) is 0 Å². The van der Waals surface area contributed by atoms with Gasteiger partial charge in [-0.2, -0.15) is 0 Å². The lowest BCUT2D eigenvalue weighted by Gasteiger charge is -2.19. The largest absolute Gasteiger partial charge is 0.312 e. The molecule has 5 nitrogen and oxygen atoms in total. The van der Waals surface area contributed by atoms with Crippen LogP contribution >= 0.6 is 11.6 Å². The third-order valence-electron chi connectivity index (χ3n) is 3.78. The molecule has 2 rings (SSSR count). The fraction of sp³-hybridized carbons (Fsp3) is 0.643. The molecular weight excluding hydrogens is 274 g/mol. The third kappa shape index (κ3) is 3.27. The lowest BCUT2D eigenvalue weighted by Crippen LogP contribution is -2.24. The predicted molar refractivity (Wildman–Crippen MR) is 82.1 cm³/mol. The molecule has 1 unspecified atom stereocenters. The number of halogens is 1. The second kappa shape index (κ2) is 6.99. The monoisotopic (exact) mass is 295 g/mol. The van der Waals surface area contributed by atoms with Gasteiger partial charge >= 0.3 is 0 Å². The molecule has 0 radical (unpaired) electrons. The maximum Gasteiger partial charge on any atom is 0.165 e. The Balaban J connectivity index is 2.01. The van der Waals surface area contributed by atoms with Crippen molar-refractivity contribution in [2.45, 2.75) is 39.7 Å². The molecule has 0 aliphatic rings. The summed E-state index contributed by atoms with van der Waals surface area (Å²) in [6.07, 6.45) is 5.57. The van der Waals surface area contributed by atoms with Gasteiger partial charge in [-0.3, -0.25) is 0 Å². The second-order valence-corrected chi connectivity index (χ2v) is 5.36. The summed E-state index contributed by atoms with van der Waals surface area (Å²) in [5.41, 5.74) is 1.50. The molecule has 2 heterocycles. The van der Waals surface area contributed by atoms with Crippen molar-refractivity contribution in [3.63, 3.8) is 0 Å². The van der Waals surface area contributed by atoms with Crippen molar-refractivity contribution < 1.29 is 0 Å². The minimum atomic E-state index is 0.363. The highest BCUT2D eigenvalue weighted by Gasteiger charge is 2.13. The summed E-state index contributed by atoms with van der Waals surface area (Å²) in [5, 5.41) is 0.420. The fourth-order valence-corrected chi connectivity index (χ4v) is 2.61. The first kappa shape index (κ1) is 15.2. The quantitative estimate of drug-likeness (QED) is 0.736. The van der Waals surface area contributed by atoms with Crippen LogP contribution in [0.3, 0.4) is 0 Å². The van der Waals surface area contributed by atoms with Gasteiger partial charge in [0.15, 0.2) is 10.8 Å². The van der Waals surface area contributed by atoms with Gasteiger partial charge in [0.2, 0.25) is 0 Å². The van der Waals surface area contributed by atoms with Crippen LogP contribution in [-0.2, 0) is 0 Å². The van der Waals surface area contributed by atoms with Gasteiger partial charge in [-0.1, -0.05) is 25.4 Å². The highest BCUT2D eigenvalue weighted by molar-refractivity contribution is 6.33. The van der Waals surface area contributed by atoms with E-state index < -0.39 is 0 Å². The summed E-state index contributed by atoms with van der Waals surface area (Å²) in [5.74, 6) is 0. The van der Waals surface area contributed by atoms with Crippen molar-refractivity contribution in [3.8, 4) is 0 Å². The summed E-state index contributed by atoms with van der Waals surface area (Å²) < 4.78 is 2.09. The van der Waals surface area contributed by atoms with Crippen molar-refractivity contribution in [3.05, 3.63) is 17.8 Å². The van der Waals surface area contributed by atoms with Crippen molar-refractivity contribution in [1.82, 2.24) is 24.4 Å². The van der Waals surface area contributed by atoms with Crippen LogP contribution < -0.4 is 0 Å². The van der Waals surface area contributed by atoms with Gasteiger partial charge in [0.05, 0.1) is 6.33 Å². The van der Waals surface area contributed by atoms with E-state index in [2.05, 4.69) is 45.2 Å². The highest BCUT2D eigenvalue weighted by atomic mass is 35.5. The van der Waals surface area contributed by atoms with Crippen LogP contribution in [0.25, 0.3) is 11.2 Å². The number of nitrogens with zero attached hydrogens (tertiary/aromatic N) is 5. The van der Waals surface area contributed by atoms with E-state index in [1.807, 2.05) is 6.33 Å². The van der Waals surface area contributed by atoms with Crippen LogP contribution in [0.15, 0.2) is 12.7 Å². The minimum absolute atomic E-state index is 0.363. The lowest BCUT2D eigenvalue weighted by atomic mass is 10.1. The number of imidazole rings is 1. The van der Waals surface area contributed by atoms with Crippen LogP contribution in [0.1, 0.15) is 39.7 Å². The summed E-state index contributed by atoms with van der Waals surface area (Å²) in [6.45, 7) is 9.97. The lowest BCUT2D eigenvalue weighted by molar-refractivity contribution is 0.288. The molecular formula is C14H22ClN5. The van der Waals surface area contributed by atoms with Crippen LogP contribution in [0.4, 0.5) is 0 Å². The molecule has 2 aromatic rings. The maximum atomic E-state index is 6.02. The van der Waals surface area contributed by atoms with E-state index in [0.29, 0.717) is 16.7 Å². The zero-order valence-corrected chi connectivity index (χ0v) is 13.1. The molecule has 0 spiro atoms. The fourth-order valence-electron chi connectivity index (χ4n) is 2.44. The molecule has 0 saturated carbocycles. The van der Waals surface area contributed by atoms with E-state index in [9.17, 15) is 0 Å². The summed E-state index contributed by atoms with van der Waals surface area (Å²) >= 11 is 6.02. The number of hydrogen-bond acceptors (Lipinski definition) is 4. The van der Waals surface area contributed by atoms with Crippen molar-refractivity contribution in [1.29, 1.82) is 0 Å². The van der Waals surface area contributed by atoms with Crippen LogP contribution in [0.2, 0.25) is 5.15 Å². The van der Waals surface area contributed by atoms with E-state index in [1.54, 1.807) is 0 Å². The van der Waals surface area contributed by atoms with Crippen LogP contribution in [-0.4, -0.2) is 44.1 Å². The Labute approximate surface area is 125 Å². The first-order valence-electron chi connectivity index (χ1n) is 7.22. The SMILES string of the molecule is CCN(CC)CCCC(C)n1cnc2c(Cl)ncnc21. The standard InChI is InChI=1S/C14H22ClN5/c1-4-19(5-2)8-6-7-11(3)20-10-18-12-13(15)16-9-17-14(12)20/h9-11H,4-8H2,1-3H3. The first-order chi connectivity index (χ1) is 9.67. The minimum Gasteiger partial charge on any atom is -0.312 e. The molecule has 0 aliphatic heterocycles. The van der Waals surface area contributed by atoms with Gasteiger partial charge in [-0.25, -0.2) is 15.0 Å². The molecule has 2 aromatic heterocycles. The number of rotatable bonds is 7. The average molecular weight is 296 g/mol. The molecule has 110 valence electrons. The van der Waals surface area contributed by atoms with E-state index in [4.69, 9.17) is 11.6 Å². The Morgan fingerprint density at radius 2 is 2.00 bits per heavy atom. The van der Waals surface area contributed by atoms with Crippen molar-refractivity contribution in [2.75, 3.05) is 19.6 Å². The highest BCUT2D eigenvalue weighted by Crippen LogP contribution is 2.22. The van der Waals surface area contributed by atoms with Crippen LogP contribution in [0.5, 0.6) is 0 Å². The number of hydrogen-bond donors (Lipinski definition) is 0. The maximum absolute atomic E-state index is 6.02. The Morgan fingerprint density at radius 1 is 1.25 bits per heavy atom. The molecule has 0 bridgehead atoms. The summed E-state index contributed by atoms with van der Waals surface area (Å²) in [6, 6.07) is 0.363. The molecule has 0 amide bonds.